The lowest BCUT2D eigenvalue weighted by Crippen LogP contribution is -2.46. The van der Waals surface area contributed by atoms with Crippen LogP contribution in [0.25, 0.3) is 0 Å². The Labute approximate surface area is 187 Å². The summed E-state index contributed by atoms with van der Waals surface area (Å²) in [6.07, 6.45) is 0. The van der Waals surface area contributed by atoms with Crippen molar-refractivity contribution in [2.24, 2.45) is 0 Å². The van der Waals surface area contributed by atoms with Gasteiger partial charge in [-0.05, 0) is 36.2 Å². The molecule has 1 N–H and O–H groups in total. The van der Waals surface area contributed by atoms with Crippen LogP contribution in [-0.2, 0) is 4.79 Å². The van der Waals surface area contributed by atoms with Crippen molar-refractivity contribution in [3.63, 3.8) is 0 Å². The minimum absolute atomic E-state index is 0.0459. The molecule has 0 saturated heterocycles. The molecule has 0 radical (unpaired) electrons. The van der Waals surface area contributed by atoms with E-state index in [1.165, 1.54) is 0 Å². The molecule has 3 aromatic carbocycles. The van der Waals surface area contributed by atoms with Gasteiger partial charge in [-0.3, -0.25) is 4.79 Å². The Balaban J connectivity index is 1.77. The Kier molecular flexibility index (Phi) is 5.96. The largest absolute Gasteiger partial charge is 0.331 e. The number of nitrogens with one attached hydrogen (secondary N) is 1. The SMILES string of the molecule is CC(NC(=O)N1CC(=O)N(C)c2ccc(Cl)cc2C1c1ccccc1)c1ccccc1. The van der Waals surface area contributed by atoms with Gasteiger partial charge >= 0.3 is 6.03 Å². The molecule has 1 heterocycles. The molecule has 1 aliphatic heterocycles. The van der Waals surface area contributed by atoms with E-state index in [1.54, 1.807) is 22.9 Å². The van der Waals surface area contributed by atoms with E-state index >= 15 is 0 Å². The first kappa shape index (κ1) is 20.9. The van der Waals surface area contributed by atoms with Gasteiger partial charge in [0.2, 0.25) is 5.91 Å². The first-order valence-corrected chi connectivity index (χ1v) is 10.6. The lowest BCUT2D eigenvalue weighted by molar-refractivity contribution is -0.118. The summed E-state index contributed by atoms with van der Waals surface area (Å²) in [5.41, 5.74) is 3.47. The highest BCUT2D eigenvalue weighted by molar-refractivity contribution is 6.30. The van der Waals surface area contributed by atoms with Gasteiger partial charge in [-0.2, -0.15) is 0 Å². The Morgan fingerprint density at radius 3 is 2.35 bits per heavy atom. The second-order valence-corrected chi connectivity index (χ2v) is 8.12. The van der Waals surface area contributed by atoms with Crippen molar-refractivity contribution in [3.05, 3.63) is 101 Å². The quantitative estimate of drug-likeness (QED) is 0.618. The molecule has 0 fully saturated rings. The maximum absolute atomic E-state index is 13.5. The van der Waals surface area contributed by atoms with E-state index in [0.717, 1.165) is 22.4 Å². The number of hydrogen-bond donors (Lipinski definition) is 1. The van der Waals surface area contributed by atoms with Gasteiger partial charge in [0.25, 0.3) is 0 Å². The van der Waals surface area contributed by atoms with Crippen LogP contribution in [0, 0.1) is 0 Å². The van der Waals surface area contributed by atoms with Crippen LogP contribution in [0.4, 0.5) is 10.5 Å². The fourth-order valence-corrected chi connectivity index (χ4v) is 4.15. The highest BCUT2D eigenvalue weighted by Crippen LogP contribution is 2.39. The monoisotopic (exact) mass is 433 g/mol. The van der Waals surface area contributed by atoms with Crippen LogP contribution in [0.5, 0.6) is 0 Å². The van der Waals surface area contributed by atoms with Crippen molar-refractivity contribution in [1.29, 1.82) is 0 Å². The number of hydrogen-bond acceptors (Lipinski definition) is 2. The molecule has 3 aromatic rings. The zero-order valence-electron chi connectivity index (χ0n) is 17.5. The van der Waals surface area contributed by atoms with E-state index < -0.39 is 6.04 Å². The third kappa shape index (κ3) is 4.28. The van der Waals surface area contributed by atoms with Crippen molar-refractivity contribution in [2.75, 3.05) is 18.5 Å². The van der Waals surface area contributed by atoms with Crippen molar-refractivity contribution < 1.29 is 9.59 Å². The number of rotatable bonds is 3. The molecule has 6 heteroatoms. The second kappa shape index (κ2) is 8.82. The maximum Gasteiger partial charge on any atom is 0.319 e. The van der Waals surface area contributed by atoms with Crippen molar-refractivity contribution in [3.8, 4) is 0 Å². The molecular formula is C25H24ClN3O2. The van der Waals surface area contributed by atoms with Crippen molar-refractivity contribution in [1.82, 2.24) is 10.2 Å². The smallest absolute Gasteiger partial charge is 0.319 e. The normalized spacial score (nSPS) is 17.0. The number of fused-ring (bicyclic) bond motifs is 1. The van der Waals surface area contributed by atoms with Crippen LogP contribution in [0.15, 0.2) is 78.9 Å². The predicted molar refractivity (Wildman–Crippen MR) is 123 cm³/mol. The molecule has 3 amide bonds. The molecule has 0 aromatic heterocycles. The van der Waals surface area contributed by atoms with Gasteiger partial charge in [0.05, 0.1) is 12.1 Å². The molecule has 4 rings (SSSR count). The average molecular weight is 434 g/mol. The highest BCUT2D eigenvalue weighted by atomic mass is 35.5. The van der Waals surface area contributed by atoms with Crippen molar-refractivity contribution in [2.45, 2.75) is 19.0 Å². The van der Waals surface area contributed by atoms with Gasteiger partial charge in [-0.15, -0.1) is 0 Å². The lowest BCUT2D eigenvalue weighted by Gasteiger charge is -2.31. The summed E-state index contributed by atoms with van der Waals surface area (Å²) in [7, 11) is 1.73. The van der Waals surface area contributed by atoms with E-state index in [2.05, 4.69) is 5.32 Å². The molecule has 2 unspecified atom stereocenters. The molecule has 5 nitrogen and oxygen atoms in total. The lowest BCUT2D eigenvalue weighted by atomic mass is 9.96. The van der Waals surface area contributed by atoms with Gasteiger partial charge in [-0.25, -0.2) is 4.79 Å². The summed E-state index contributed by atoms with van der Waals surface area (Å²) in [4.78, 5) is 29.6. The third-order valence-corrected chi connectivity index (χ3v) is 5.89. The molecule has 31 heavy (non-hydrogen) atoms. The molecule has 0 saturated carbocycles. The van der Waals surface area contributed by atoms with Gasteiger partial charge in [-0.1, -0.05) is 72.3 Å². The Bertz CT molecular complexity index is 1090. The van der Waals surface area contributed by atoms with Gasteiger partial charge in [0.1, 0.15) is 6.54 Å². The number of carbonyl (C=O) groups excluding carboxylic acids is 2. The van der Waals surface area contributed by atoms with Crippen molar-refractivity contribution >= 4 is 29.2 Å². The molecule has 0 bridgehead atoms. The van der Waals surface area contributed by atoms with Gasteiger partial charge < -0.3 is 15.1 Å². The molecule has 0 spiro atoms. The number of amides is 3. The number of likely N-dealkylation sites (N-methyl/N-ethyl adjacent to an activating group) is 1. The standard InChI is InChI=1S/C25H24ClN3O2/c1-17(18-9-5-3-6-10-18)27-25(31)29-16-23(30)28(2)22-14-13-20(26)15-21(22)24(29)19-11-7-4-8-12-19/h3-15,17,24H,16H2,1-2H3,(H,27,31). The number of carbonyl (C=O) groups is 2. The third-order valence-electron chi connectivity index (χ3n) is 5.65. The molecule has 1 aliphatic rings. The summed E-state index contributed by atoms with van der Waals surface area (Å²) >= 11 is 6.34. The van der Waals surface area contributed by atoms with Crippen LogP contribution < -0.4 is 10.2 Å². The summed E-state index contributed by atoms with van der Waals surface area (Å²) in [5, 5.41) is 3.61. The Morgan fingerprint density at radius 2 is 1.68 bits per heavy atom. The second-order valence-electron chi connectivity index (χ2n) is 7.68. The zero-order chi connectivity index (χ0) is 22.0. The number of halogens is 1. The van der Waals surface area contributed by atoms with E-state index in [4.69, 9.17) is 11.6 Å². The summed E-state index contributed by atoms with van der Waals surface area (Å²) < 4.78 is 0. The fourth-order valence-electron chi connectivity index (χ4n) is 3.97. The molecule has 2 atom stereocenters. The van der Waals surface area contributed by atoms with Gasteiger partial charge in [0.15, 0.2) is 0 Å². The van der Waals surface area contributed by atoms with E-state index in [1.807, 2.05) is 79.7 Å². The van der Waals surface area contributed by atoms with Crippen LogP contribution in [0.2, 0.25) is 5.02 Å². The highest BCUT2D eigenvalue weighted by Gasteiger charge is 2.36. The first-order chi connectivity index (χ1) is 15.0. The average Bonchev–Trinajstić information content (AvgIpc) is 2.89. The Hall–Kier alpha value is -3.31. The first-order valence-electron chi connectivity index (χ1n) is 10.2. The molecule has 158 valence electrons. The summed E-state index contributed by atoms with van der Waals surface area (Å²) in [6, 6.07) is 23.9. The topological polar surface area (TPSA) is 52.7 Å². The van der Waals surface area contributed by atoms with Gasteiger partial charge in [0, 0.05) is 23.3 Å². The number of nitrogens with zero attached hydrogens (tertiary/aromatic N) is 2. The zero-order valence-corrected chi connectivity index (χ0v) is 18.2. The molecular weight excluding hydrogens is 410 g/mol. The predicted octanol–water partition coefficient (Wildman–Crippen LogP) is 5.18. The number of urea groups is 1. The van der Waals surface area contributed by atoms with Crippen LogP contribution in [-0.4, -0.2) is 30.4 Å². The molecule has 0 aliphatic carbocycles. The Morgan fingerprint density at radius 1 is 1.03 bits per heavy atom. The van der Waals surface area contributed by atoms with E-state index in [0.29, 0.717) is 5.02 Å². The maximum atomic E-state index is 13.5. The fraction of sp³-hybridized carbons (Fsp3) is 0.200. The van der Waals surface area contributed by atoms with E-state index in [-0.39, 0.29) is 24.5 Å². The number of benzene rings is 3. The summed E-state index contributed by atoms with van der Waals surface area (Å²) in [6.45, 7) is 1.89. The summed E-state index contributed by atoms with van der Waals surface area (Å²) in [5.74, 6) is -0.162. The van der Waals surface area contributed by atoms with Crippen LogP contribution >= 0.6 is 11.6 Å². The van der Waals surface area contributed by atoms with Crippen LogP contribution in [0.3, 0.4) is 0 Å². The minimum atomic E-state index is -0.452. The minimum Gasteiger partial charge on any atom is -0.331 e. The van der Waals surface area contributed by atoms with Crippen LogP contribution in [0.1, 0.15) is 35.7 Å². The van der Waals surface area contributed by atoms with E-state index in [9.17, 15) is 9.59 Å². The number of anilines is 1.